The van der Waals surface area contributed by atoms with Gasteiger partial charge in [0, 0.05) is 11.1 Å². The van der Waals surface area contributed by atoms with Gasteiger partial charge in [-0.15, -0.1) is 0 Å². The molecule has 0 atom stereocenters. The van der Waals surface area contributed by atoms with E-state index in [9.17, 15) is 25.0 Å². The molecule has 0 aliphatic heterocycles. The van der Waals surface area contributed by atoms with Crippen LogP contribution in [0.5, 0.6) is 0 Å². The molecule has 0 spiro atoms. The van der Waals surface area contributed by atoms with Crippen LogP contribution < -0.4 is 5.32 Å². The highest BCUT2D eigenvalue weighted by Crippen LogP contribution is 2.30. The Bertz CT molecular complexity index is 1040. The predicted molar refractivity (Wildman–Crippen MR) is 92.3 cm³/mol. The molecule has 3 rings (SSSR count). The Kier molecular flexibility index (Phi) is 4.30. The van der Waals surface area contributed by atoms with E-state index < -0.39 is 27.1 Å². The Morgan fingerprint density at radius 1 is 1.12 bits per heavy atom. The molecule has 0 saturated carbocycles. The van der Waals surface area contributed by atoms with Gasteiger partial charge in [0.15, 0.2) is 5.13 Å². The number of nitrogens with zero attached hydrogens (tertiary/aromatic N) is 3. The molecule has 3 aromatic rings. The molecule has 1 N–H and O–H groups in total. The van der Waals surface area contributed by atoms with Crippen LogP contribution in [-0.2, 0) is 0 Å². The van der Waals surface area contributed by atoms with Crippen molar-refractivity contribution >= 4 is 55.6 Å². The number of anilines is 1. The van der Waals surface area contributed by atoms with Crippen LogP contribution >= 0.6 is 22.9 Å². The van der Waals surface area contributed by atoms with Crippen molar-refractivity contribution in [1.82, 2.24) is 4.98 Å². The van der Waals surface area contributed by atoms with Gasteiger partial charge in [0.2, 0.25) is 0 Å². The molecular weight excluding hydrogens is 372 g/mol. The fourth-order valence-electron chi connectivity index (χ4n) is 2.09. The molecule has 0 bridgehead atoms. The maximum Gasteiger partial charge on any atom is 0.289 e. The molecule has 2 aromatic carbocycles. The van der Waals surface area contributed by atoms with Crippen molar-refractivity contribution in [1.29, 1.82) is 0 Å². The van der Waals surface area contributed by atoms with E-state index in [0.717, 1.165) is 34.2 Å². The van der Waals surface area contributed by atoms with Gasteiger partial charge < -0.3 is 0 Å². The lowest BCUT2D eigenvalue weighted by atomic mass is 10.1. The highest BCUT2D eigenvalue weighted by molar-refractivity contribution is 7.22. The Labute approximate surface area is 148 Å². The molecule has 11 heteroatoms. The number of nitrogens with one attached hydrogen (secondary N) is 1. The summed E-state index contributed by atoms with van der Waals surface area (Å²) in [7, 11) is 0. The van der Waals surface area contributed by atoms with Gasteiger partial charge in [-0.05, 0) is 24.3 Å². The number of non-ortho nitro benzene ring substituents is 1. The van der Waals surface area contributed by atoms with Gasteiger partial charge in [-0.2, -0.15) is 0 Å². The first-order valence-corrected chi connectivity index (χ1v) is 7.85. The monoisotopic (exact) mass is 378 g/mol. The lowest BCUT2D eigenvalue weighted by molar-refractivity contribution is -0.394. The highest BCUT2D eigenvalue weighted by Gasteiger charge is 2.24. The summed E-state index contributed by atoms with van der Waals surface area (Å²) in [5.74, 6) is -0.785. The number of nitro groups is 2. The van der Waals surface area contributed by atoms with Crippen molar-refractivity contribution < 1.29 is 14.6 Å². The molecule has 0 unspecified atom stereocenters. The summed E-state index contributed by atoms with van der Waals surface area (Å²) in [5.41, 5.74) is -0.815. The number of amides is 1. The van der Waals surface area contributed by atoms with Gasteiger partial charge in [0.25, 0.3) is 17.3 Å². The topological polar surface area (TPSA) is 128 Å². The van der Waals surface area contributed by atoms with E-state index in [-0.39, 0.29) is 10.7 Å². The summed E-state index contributed by atoms with van der Waals surface area (Å²) in [6, 6.07) is 7.82. The van der Waals surface area contributed by atoms with Crippen molar-refractivity contribution in [2.45, 2.75) is 0 Å². The van der Waals surface area contributed by atoms with Gasteiger partial charge in [0.1, 0.15) is 5.56 Å². The second-order valence-corrected chi connectivity index (χ2v) is 6.27. The van der Waals surface area contributed by atoms with E-state index in [1.807, 2.05) is 0 Å². The summed E-state index contributed by atoms with van der Waals surface area (Å²) in [5, 5.41) is 25.1. The van der Waals surface area contributed by atoms with Crippen LogP contribution in [0, 0.1) is 20.2 Å². The standard InChI is InChI=1S/C14H7ClN4O5S/c15-7-1-4-10-12(5-7)25-14(16-10)17-13(20)9-3-2-8(18(21)22)6-11(9)19(23)24/h1-6H,(H,16,17,20). The first kappa shape index (κ1) is 16.7. The molecule has 0 aliphatic carbocycles. The number of aromatic nitrogens is 1. The quantitative estimate of drug-likeness (QED) is 0.539. The molecule has 0 radical (unpaired) electrons. The second-order valence-electron chi connectivity index (χ2n) is 4.80. The molecule has 0 fully saturated rings. The third-order valence-corrected chi connectivity index (χ3v) is 4.37. The van der Waals surface area contributed by atoms with Crippen molar-refractivity contribution in [3.63, 3.8) is 0 Å². The van der Waals surface area contributed by atoms with E-state index >= 15 is 0 Å². The van der Waals surface area contributed by atoms with Crippen LogP contribution in [0.3, 0.4) is 0 Å². The third kappa shape index (κ3) is 3.39. The van der Waals surface area contributed by atoms with Crippen LogP contribution in [-0.4, -0.2) is 20.7 Å². The molecule has 1 heterocycles. The highest BCUT2D eigenvalue weighted by atomic mass is 35.5. The number of hydrogen-bond donors (Lipinski definition) is 1. The average molecular weight is 379 g/mol. The number of nitro benzene ring substituents is 2. The first-order chi connectivity index (χ1) is 11.8. The summed E-state index contributed by atoms with van der Waals surface area (Å²) < 4.78 is 0.737. The predicted octanol–water partition coefficient (Wildman–Crippen LogP) is 4.02. The summed E-state index contributed by atoms with van der Waals surface area (Å²) >= 11 is 7.04. The number of thiazole rings is 1. The fourth-order valence-corrected chi connectivity index (χ4v) is 3.23. The van der Waals surface area contributed by atoms with Crippen LogP contribution in [0.4, 0.5) is 16.5 Å². The Balaban J connectivity index is 1.94. The van der Waals surface area contributed by atoms with Gasteiger partial charge in [-0.3, -0.25) is 30.3 Å². The largest absolute Gasteiger partial charge is 0.298 e. The van der Waals surface area contributed by atoms with Crippen LogP contribution in [0.2, 0.25) is 5.02 Å². The van der Waals surface area contributed by atoms with Crippen molar-refractivity contribution in [2.75, 3.05) is 5.32 Å². The first-order valence-electron chi connectivity index (χ1n) is 6.65. The summed E-state index contributed by atoms with van der Waals surface area (Å²) in [6.07, 6.45) is 0. The zero-order chi connectivity index (χ0) is 18.1. The van der Waals surface area contributed by atoms with Crippen LogP contribution in [0.15, 0.2) is 36.4 Å². The minimum absolute atomic E-state index is 0.231. The number of hydrogen-bond acceptors (Lipinski definition) is 7. The Morgan fingerprint density at radius 2 is 1.88 bits per heavy atom. The number of benzene rings is 2. The zero-order valence-electron chi connectivity index (χ0n) is 12.1. The van der Waals surface area contributed by atoms with Crippen LogP contribution in [0.1, 0.15) is 10.4 Å². The lowest BCUT2D eigenvalue weighted by Gasteiger charge is -2.03. The van der Waals surface area contributed by atoms with Crippen molar-refractivity contribution in [3.8, 4) is 0 Å². The molecular formula is C14H7ClN4O5S. The number of carbonyl (C=O) groups is 1. The van der Waals surface area contributed by atoms with Gasteiger partial charge in [0.05, 0.1) is 26.1 Å². The van der Waals surface area contributed by atoms with Crippen molar-refractivity contribution in [2.24, 2.45) is 0 Å². The summed E-state index contributed by atoms with van der Waals surface area (Å²) in [6.45, 7) is 0. The number of fused-ring (bicyclic) bond motifs is 1. The van der Waals surface area contributed by atoms with Crippen LogP contribution in [0.25, 0.3) is 10.2 Å². The smallest absolute Gasteiger partial charge is 0.289 e. The van der Waals surface area contributed by atoms with Gasteiger partial charge in [-0.25, -0.2) is 4.98 Å². The van der Waals surface area contributed by atoms with E-state index in [0.29, 0.717) is 10.5 Å². The van der Waals surface area contributed by atoms with Gasteiger partial charge in [-0.1, -0.05) is 22.9 Å². The second kappa shape index (κ2) is 6.42. The molecule has 126 valence electrons. The summed E-state index contributed by atoms with van der Waals surface area (Å²) in [4.78, 5) is 36.7. The average Bonchev–Trinajstić information content (AvgIpc) is 2.95. The Hall–Kier alpha value is -3.11. The van der Waals surface area contributed by atoms with E-state index in [1.165, 1.54) is 0 Å². The maximum atomic E-state index is 12.3. The molecule has 9 nitrogen and oxygen atoms in total. The minimum atomic E-state index is -0.847. The fraction of sp³-hybridized carbons (Fsp3) is 0. The van der Waals surface area contributed by atoms with Crippen molar-refractivity contribution in [3.05, 3.63) is 67.2 Å². The number of carbonyl (C=O) groups excluding carboxylic acids is 1. The van der Waals surface area contributed by atoms with Gasteiger partial charge >= 0.3 is 0 Å². The molecule has 0 aliphatic rings. The van der Waals surface area contributed by atoms with E-state index in [2.05, 4.69) is 10.3 Å². The molecule has 25 heavy (non-hydrogen) atoms. The molecule has 0 saturated heterocycles. The normalized spacial score (nSPS) is 10.6. The van der Waals surface area contributed by atoms with E-state index in [4.69, 9.17) is 11.6 Å². The zero-order valence-corrected chi connectivity index (χ0v) is 13.7. The lowest BCUT2D eigenvalue weighted by Crippen LogP contribution is -2.14. The molecule has 1 amide bonds. The maximum absolute atomic E-state index is 12.3. The SMILES string of the molecule is O=C(Nc1nc2ccc(Cl)cc2s1)c1ccc([N+](=O)[O-])cc1[N+](=O)[O-]. The Morgan fingerprint density at radius 3 is 2.56 bits per heavy atom. The number of halogens is 1. The minimum Gasteiger partial charge on any atom is -0.298 e. The number of rotatable bonds is 4. The molecule has 1 aromatic heterocycles. The van der Waals surface area contributed by atoms with E-state index in [1.54, 1.807) is 18.2 Å². The third-order valence-electron chi connectivity index (χ3n) is 3.20.